The maximum atomic E-state index is 10.3. The van der Waals surface area contributed by atoms with E-state index < -0.39 is 0 Å². The molecule has 0 aromatic carbocycles. The first-order chi connectivity index (χ1) is 4.66. The largest absolute Gasteiger partial charge is 0.449 e. The monoisotopic (exact) mass is 258 g/mol. The van der Waals surface area contributed by atoms with Crippen LogP contribution in [0.4, 0.5) is 0 Å². The Hall–Kier alpha value is 0.160. The summed E-state index contributed by atoms with van der Waals surface area (Å²) in [6, 6.07) is 0. The van der Waals surface area contributed by atoms with E-state index in [1.807, 2.05) is 29.5 Å². The van der Waals surface area contributed by atoms with Gasteiger partial charge in [0.1, 0.15) is 0 Å². The summed E-state index contributed by atoms with van der Waals surface area (Å²) in [6.07, 6.45) is 0. The fourth-order valence-corrected chi connectivity index (χ4v) is 1.04. The molecule has 0 saturated carbocycles. The van der Waals surface area contributed by atoms with Crippen molar-refractivity contribution in [1.29, 1.82) is 0 Å². The minimum absolute atomic E-state index is 0.157. The van der Waals surface area contributed by atoms with E-state index >= 15 is 0 Å². The molecule has 1 unspecified atom stereocenters. The highest BCUT2D eigenvalue weighted by Gasteiger charge is 2.05. The summed E-state index contributed by atoms with van der Waals surface area (Å²) in [5.41, 5.74) is 0. The molecule has 0 rings (SSSR count). The molecule has 0 spiro atoms. The third-order valence-electron chi connectivity index (χ3n) is 0.747. The number of hydrogen-bond donors (Lipinski definition) is 0. The molecule has 10 heavy (non-hydrogen) atoms. The average molecular weight is 258 g/mol. The van der Waals surface area contributed by atoms with Crippen LogP contribution in [-0.4, -0.2) is 23.3 Å². The highest BCUT2D eigenvalue weighted by molar-refractivity contribution is 14.1. The van der Waals surface area contributed by atoms with Crippen LogP contribution in [0.1, 0.15) is 13.8 Å². The van der Waals surface area contributed by atoms with E-state index in [0.29, 0.717) is 13.2 Å². The van der Waals surface area contributed by atoms with Crippen LogP contribution in [0.2, 0.25) is 0 Å². The topological polar surface area (TPSA) is 35.5 Å². The molecule has 0 saturated heterocycles. The number of rotatable bonds is 4. The third kappa shape index (κ3) is 6.28. The lowest BCUT2D eigenvalue weighted by Crippen LogP contribution is -2.15. The SMILES string of the molecule is CCOCC(I)OC(C)=O. The lowest BCUT2D eigenvalue weighted by molar-refractivity contribution is -0.143. The molecule has 1 atom stereocenters. The van der Waals surface area contributed by atoms with Gasteiger partial charge in [-0.3, -0.25) is 4.79 Å². The molecule has 0 heterocycles. The molecule has 0 aromatic rings. The van der Waals surface area contributed by atoms with Crippen molar-refractivity contribution in [3.8, 4) is 0 Å². The van der Waals surface area contributed by atoms with Gasteiger partial charge >= 0.3 is 5.97 Å². The Bertz CT molecular complexity index is 105. The van der Waals surface area contributed by atoms with Crippen LogP contribution in [0.15, 0.2) is 0 Å². The van der Waals surface area contributed by atoms with Gasteiger partial charge in [0.2, 0.25) is 0 Å². The van der Waals surface area contributed by atoms with Gasteiger partial charge in [-0.05, 0) is 29.5 Å². The summed E-state index contributed by atoms with van der Waals surface area (Å²) in [7, 11) is 0. The maximum Gasteiger partial charge on any atom is 0.303 e. The zero-order chi connectivity index (χ0) is 7.98. The Morgan fingerprint density at radius 3 is 2.70 bits per heavy atom. The number of halogens is 1. The van der Waals surface area contributed by atoms with Crippen molar-refractivity contribution in [2.75, 3.05) is 13.2 Å². The van der Waals surface area contributed by atoms with Crippen molar-refractivity contribution in [2.24, 2.45) is 0 Å². The molecule has 0 bridgehead atoms. The first-order valence-corrected chi connectivity index (χ1v) is 4.30. The molecule has 4 heteroatoms. The molecule has 0 fully saturated rings. The van der Waals surface area contributed by atoms with Crippen molar-refractivity contribution in [3.05, 3.63) is 0 Å². The molecule has 0 aliphatic carbocycles. The second kappa shape index (κ2) is 5.91. The molecule has 0 aliphatic rings. The molecule has 60 valence electrons. The van der Waals surface area contributed by atoms with Crippen molar-refractivity contribution in [1.82, 2.24) is 0 Å². The predicted octanol–water partition coefficient (Wildman–Crippen LogP) is 1.35. The van der Waals surface area contributed by atoms with Gasteiger partial charge in [0, 0.05) is 13.5 Å². The average Bonchev–Trinajstić information content (AvgIpc) is 1.82. The van der Waals surface area contributed by atoms with Gasteiger partial charge in [-0.1, -0.05) is 0 Å². The Morgan fingerprint density at radius 2 is 2.30 bits per heavy atom. The molecule has 0 radical (unpaired) electrons. The molecular weight excluding hydrogens is 247 g/mol. The van der Waals surface area contributed by atoms with E-state index in [4.69, 9.17) is 9.47 Å². The number of alkyl halides is 1. The smallest absolute Gasteiger partial charge is 0.303 e. The third-order valence-corrected chi connectivity index (χ3v) is 1.36. The van der Waals surface area contributed by atoms with Crippen molar-refractivity contribution >= 4 is 28.6 Å². The molecule has 3 nitrogen and oxygen atoms in total. The van der Waals surface area contributed by atoms with E-state index in [0.717, 1.165) is 0 Å². The second-order valence-corrected chi connectivity index (χ2v) is 3.07. The summed E-state index contributed by atoms with van der Waals surface area (Å²) in [5.74, 6) is -0.265. The normalized spacial score (nSPS) is 12.7. The summed E-state index contributed by atoms with van der Waals surface area (Å²) >= 11 is 2.01. The Morgan fingerprint density at radius 1 is 1.70 bits per heavy atom. The summed E-state index contributed by atoms with van der Waals surface area (Å²) in [4.78, 5) is 10.3. The quantitative estimate of drug-likeness (QED) is 0.433. The summed E-state index contributed by atoms with van der Waals surface area (Å²) in [6.45, 7) is 4.41. The summed E-state index contributed by atoms with van der Waals surface area (Å²) in [5, 5.41) is 0. The predicted molar refractivity (Wildman–Crippen MR) is 46.1 cm³/mol. The molecule has 0 N–H and O–H groups in total. The fourth-order valence-electron chi connectivity index (χ4n) is 0.425. The second-order valence-electron chi connectivity index (χ2n) is 1.68. The van der Waals surface area contributed by atoms with E-state index in [-0.39, 0.29) is 10.1 Å². The van der Waals surface area contributed by atoms with Gasteiger partial charge in [0.25, 0.3) is 0 Å². The van der Waals surface area contributed by atoms with Crippen molar-refractivity contribution < 1.29 is 14.3 Å². The molecule has 0 aliphatic heterocycles. The minimum atomic E-state index is -0.265. The van der Waals surface area contributed by atoms with E-state index in [2.05, 4.69) is 0 Å². The highest BCUT2D eigenvalue weighted by atomic mass is 127. The number of hydrogen-bond acceptors (Lipinski definition) is 3. The number of carbonyl (C=O) groups is 1. The number of carbonyl (C=O) groups excluding carboxylic acids is 1. The zero-order valence-corrected chi connectivity index (χ0v) is 8.25. The van der Waals surface area contributed by atoms with Crippen LogP contribution in [-0.2, 0) is 14.3 Å². The molecule has 0 amide bonds. The van der Waals surface area contributed by atoms with Crippen LogP contribution in [0.5, 0.6) is 0 Å². The van der Waals surface area contributed by atoms with Crippen LogP contribution in [0.3, 0.4) is 0 Å². The highest BCUT2D eigenvalue weighted by Crippen LogP contribution is 2.02. The Labute approximate surface area is 74.2 Å². The molecule has 0 aromatic heterocycles. The van der Waals surface area contributed by atoms with E-state index in [9.17, 15) is 4.79 Å². The van der Waals surface area contributed by atoms with Gasteiger partial charge in [-0.25, -0.2) is 0 Å². The maximum absolute atomic E-state index is 10.3. The zero-order valence-electron chi connectivity index (χ0n) is 6.09. The van der Waals surface area contributed by atoms with Crippen LogP contribution < -0.4 is 0 Å². The lowest BCUT2D eigenvalue weighted by atomic mass is 10.7. The van der Waals surface area contributed by atoms with Crippen LogP contribution in [0, 0.1) is 0 Å². The van der Waals surface area contributed by atoms with Crippen LogP contribution >= 0.6 is 22.6 Å². The van der Waals surface area contributed by atoms with Gasteiger partial charge in [-0.15, -0.1) is 0 Å². The summed E-state index contributed by atoms with van der Waals surface area (Å²) < 4.78 is 9.63. The first kappa shape index (κ1) is 10.2. The van der Waals surface area contributed by atoms with Gasteiger partial charge in [0.15, 0.2) is 4.11 Å². The number of ether oxygens (including phenoxy) is 2. The van der Waals surface area contributed by atoms with Crippen molar-refractivity contribution in [2.45, 2.75) is 18.0 Å². The Balaban J connectivity index is 3.25. The minimum Gasteiger partial charge on any atom is -0.449 e. The van der Waals surface area contributed by atoms with E-state index in [1.54, 1.807) is 0 Å². The van der Waals surface area contributed by atoms with E-state index in [1.165, 1.54) is 6.92 Å². The fraction of sp³-hybridized carbons (Fsp3) is 0.833. The van der Waals surface area contributed by atoms with Crippen LogP contribution in [0.25, 0.3) is 0 Å². The van der Waals surface area contributed by atoms with Gasteiger partial charge in [-0.2, -0.15) is 0 Å². The van der Waals surface area contributed by atoms with Crippen molar-refractivity contribution in [3.63, 3.8) is 0 Å². The molecular formula is C6H11IO3. The van der Waals surface area contributed by atoms with Gasteiger partial charge in [0.05, 0.1) is 6.61 Å². The Kier molecular flexibility index (Phi) is 6.00. The first-order valence-electron chi connectivity index (χ1n) is 3.05. The number of esters is 1. The van der Waals surface area contributed by atoms with Gasteiger partial charge < -0.3 is 9.47 Å². The standard InChI is InChI=1S/C6H11IO3/c1-3-9-4-6(7)10-5(2)8/h6H,3-4H2,1-2H3. The lowest BCUT2D eigenvalue weighted by Gasteiger charge is -2.08.